The van der Waals surface area contributed by atoms with Crippen LogP contribution in [0.15, 0.2) is 42.5 Å². The van der Waals surface area contributed by atoms with Crippen LogP contribution >= 0.6 is 0 Å². The number of aryl methyl sites for hydroxylation is 1. The van der Waals surface area contributed by atoms with Crippen LogP contribution in [0.25, 0.3) is 0 Å². The first-order chi connectivity index (χ1) is 12.1. The number of Topliss-reactive ketones (excluding diaryl/α,β-unsaturated/α-hetero) is 1. The molecular formula is C18H19NO6S. The van der Waals surface area contributed by atoms with Crippen molar-refractivity contribution in [1.82, 2.24) is 0 Å². The molecule has 138 valence electrons. The van der Waals surface area contributed by atoms with Crippen LogP contribution in [0.1, 0.15) is 33.2 Å². The van der Waals surface area contributed by atoms with Crippen molar-refractivity contribution >= 4 is 27.5 Å². The molecular weight excluding hydrogens is 358 g/mol. The number of para-hydroxylation sites is 1. The number of ketones is 1. The van der Waals surface area contributed by atoms with E-state index in [-0.39, 0.29) is 16.9 Å². The number of carbonyl (C=O) groups excluding carboxylic acids is 2. The molecule has 0 fully saturated rings. The molecule has 0 amide bonds. The van der Waals surface area contributed by atoms with Gasteiger partial charge in [0.05, 0.1) is 6.26 Å². The van der Waals surface area contributed by atoms with E-state index >= 15 is 0 Å². The number of ether oxygens (including phenoxy) is 1. The molecule has 0 saturated heterocycles. The standard InChI is InChI=1S/C18H19NO6S/c1-11-5-4-6-15(16(11)20)18(22)25-12(2)17(21)13-7-9-14(10-8-13)19-26(3,23)24/h4-10,12,19-20H,1-3H3/t12-/m0/s1. The van der Waals surface area contributed by atoms with Crippen LogP contribution in [-0.4, -0.2) is 37.6 Å². The van der Waals surface area contributed by atoms with Gasteiger partial charge in [0, 0.05) is 11.3 Å². The van der Waals surface area contributed by atoms with Gasteiger partial charge in [-0.25, -0.2) is 13.2 Å². The smallest absolute Gasteiger partial charge is 0.342 e. The molecule has 2 rings (SSSR count). The van der Waals surface area contributed by atoms with E-state index in [9.17, 15) is 23.1 Å². The van der Waals surface area contributed by atoms with Crippen molar-refractivity contribution in [3.8, 4) is 5.75 Å². The van der Waals surface area contributed by atoms with Gasteiger partial charge in [-0.1, -0.05) is 12.1 Å². The predicted molar refractivity (Wildman–Crippen MR) is 97.0 cm³/mol. The second-order valence-corrected chi connectivity index (χ2v) is 7.58. The van der Waals surface area contributed by atoms with Gasteiger partial charge in [-0.2, -0.15) is 0 Å². The van der Waals surface area contributed by atoms with E-state index in [2.05, 4.69) is 4.72 Å². The number of phenols is 1. The van der Waals surface area contributed by atoms with Crippen LogP contribution in [0.5, 0.6) is 5.75 Å². The van der Waals surface area contributed by atoms with Gasteiger partial charge in [-0.05, 0) is 49.7 Å². The number of phenolic OH excluding ortho intramolecular Hbond substituents is 1. The van der Waals surface area contributed by atoms with Gasteiger partial charge in [-0.15, -0.1) is 0 Å². The summed E-state index contributed by atoms with van der Waals surface area (Å²) >= 11 is 0. The van der Waals surface area contributed by atoms with Crippen LogP contribution in [-0.2, 0) is 14.8 Å². The normalized spacial score (nSPS) is 12.3. The molecule has 2 aromatic carbocycles. The number of benzene rings is 2. The van der Waals surface area contributed by atoms with E-state index in [0.29, 0.717) is 11.3 Å². The van der Waals surface area contributed by atoms with E-state index in [1.165, 1.54) is 37.3 Å². The maximum atomic E-state index is 12.4. The van der Waals surface area contributed by atoms with Gasteiger partial charge in [0.25, 0.3) is 0 Å². The van der Waals surface area contributed by atoms with Gasteiger partial charge in [0.15, 0.2) is 6.10 Å². The Kier molecular flexibility index (Phi) is 5.66. The summed E-state index contributed by atoms with van der Waals surface area (Å²) in [7, 11) is -3.41. The Balaban J connectivity index is 2.09. The summed E-state index contributed by atoms with van der Waals surface area (Å²) in [6.45, 7) is 3.07. The van der Waals surface area contributed by atoms with E-state index < -0.39 is 27.9 Å². The average molecular weight is 377 g/mol. The van der Waals surface area contributed by atoms with Crippen LogP contribution in [0.2, 0.25) is 0 Å². The number of sulfonamides is 1. The summed E-state index contributed by atoms with van der Waals surface area (Å²) in [5.41, 5.74) is 1.08. The lowest BCUT2D eigenvalue weighted by Gasteiger charge is -2.14. The summed E-state index contributed by atoms with van der Waals surface area (Å²) in [6, 6.07) is 10.4. The first-order valence-corrected chi connectivity index (χ1v) is 9.59. The Morgan fingerprint density at radius 2 is 1.73 bits per heavy atom. The number of hydrogen-bond donors (Lipinski definition) is 2. The summed E-state index contributed by atoms with van der Waals surface area (Å²) in [4.78, 5) is 24.5. The second kappa shape index (κ2) is 7.57. The van der Waals surface area contributed by atoms with Crippen molar-refractivity contribution in [2.75, 3.05) is 11.0 Å². The predicted octanol–water partition coefficient (Wildman–Crippen LogP) is 2.50. The highest BCUT2D eigenvalue weighted by Gasteiger charge is 2.22. The third-order valence-electron chi connectivity index (χ3n) is 3.58. The summed E-state index contributed by atoms with van der Waals surface area (Å²) < 4.78 is 29.8. The van der Waals surface area contributed by atoms with Gasteiger partial charge in [-0.3, -0.25) is 9.52 Å². The Morgan fingerprint density at radius 3 is 2.31 bits per heavy atom. The van der Waals surface area contributed by atoms with E-state index in [1.54, 1.807) is 19.1 Å². The molecule has 0 radical (unpaired) electrons. The molecule has 0 aliphatic rings. The summed E-state index contributed by atoms with van der Waals surface area (Å²) in [5, 5.41) is 9.92. The highest BCUT2D eigenvalue weighted by Crippen LogP contribution is 2.23. The van der Waals surface area contributed by atoms with Gasteiger partial charge < -0.3 is 9.84 Å². The third-order valence-corrected chi connectivity index (χ3v) is 4.19. The lowest BCUT2D eigenvalue weighted by molar-refractivity contribution is 0.0316. The van der Waals surface area contributed by atoms with Gasteiger partial charge >= 0.3 is 5.97 Å². The lowest BCUT2D eigenvalue weighted by Crippen LogP contribution is -2.24. The number of rotatable bonds is 6. The maximum absolute atomic E-state index is 12.4. The van der Waals surface area contributed by atoms with E-state index in [0.717, 1.165) is 6.26 Å². The topological polar surface area (TPSA) is 110 Å². The Hall–Kier alpha value is -2.87. The van der Waals surface area contributed by atoms with Crippen molar-refractivity contribution in [3.05, 3.63) is 59.2 Å². The van der Waals surface area contributed by atoms with Crippen LogP contribution in [0.3, 0.4) is 0 Å². The zero-order valence-corrected chi connectivity index (χ0v) is 15.3. The number of anilines is 1. The van der Waals surface area contributed by atoms with Crippen molar-refractivity contribution in [1.29, 1.82) is 0 Å². The minimum atomic E-state index is -3.41. The molecule has 2 aromatic rings. The van der Waals surface area contributed by atoms with Crippen molar-refractivity contribution in [2.24, 2.45) is 0 Å². The second-order valence-electron chi connectivity index (χ2n) is 5.83. The van der Waals surface area contributed by atoms with Crippen molar-refractivity contribution in [3.63, 3.8) is 0 Å². The molecule has 8 heteroatoms. The molecule has 0 spiro atoms. The number of esters is 1. The highest BCUT2D eigenvalue weighted by atomic mass is 32.2. The SMILES string of the molecule is Cc1cccc(C(=O)O[C@@H](C)C(=O)c2ccc(NS(C)(=O)=O)cc2)c1O. The largest absolute Gasteiger partial charge is 0.507 e. The molecule has 1 atom stereocenters. The van der Waals surface area contributed by atoms with Gasteiger partial charge in [0.1, 0.15) is 11.3 Å². The van der Waals surface area contributed by atoms with E-state index in [4.69, 9.17) is 4.74 Å². The monoisotopic (exact) mass is 377 g/mol. The molecule has 0 heterocycles. The van der Waals surface area contributed by atoms with Crippen LogP contribution < -0.4 is 4.72 Å². The fraction of sp³-hybridized carbons (Fsp3) is 0.222. The third kappa shape index (κ3) is 4.82. The Labute approximate surface area is 151 Å². The Bertz CT molecular complexity index is 935. The fourth-order valence-corrected chi connectivity index (χ4v) is 2.82. The number of carbonyl (C=O) groups is 2. The zero-order chi connectivity index (χ0) is 19.5. The quantitative estimate of drug-likeness (QED) is 0.591. The molecule has 0 aliphatic carbocycles. The van der Waals surface area contributed by atoms with Crippen LogP contribution in [0, 0.1) is 6.92 Å². The average Bonchev–Trinajstić information content (AvgIpc) is 2.55. The molecule has 0 bridgehead atoms. The first-order valence-electron chi connectivity index (χ1n) is 7.70. The maximum Gasteiger partial charge on any atom is 0.342 e. The highest BCUT2D eigenvalue weighted by molar-refractivity contribution is 7.92. The fourth-order valence-electron chi connectivity index (χ4n) is 2.25. The summed E-state index contributed by atoms with van der Waals surface area (Å²) in [6.07, 6.45) is -0.0509. The summed E-state index contributed by atoms with van der Waals surface area (Å²) in [5.74, 6) is -1.44. The molecule has 0 unspecified atom stereocenters. The van der Waals surface area contributed by atoms with Crippen molar-refractivity contribution < 1.29 is 27.9 Å². The molecule has 2 N–H and O–H groups in total. The molecule has 0 aliphatic heterocycles. The minimum absolute atomic E-state index is 0.0163. The van der Waals surface area contributed by atoms with Gasteiger partial charge in [0.2, 0.25) is 15.8 Å². The Morgan fingerprint density at radius 1 is 1.12 bits per heavy atom. The molecule has 26 heavy (non-hydrogen) atoms. The van der Waals surface area contributed by atoms with Crippen molar-refractivity contribution in [2.45, 2.75) is 20.0 Å². The number of hydrogen-bond acceptors (Lipinski definition) is 6. The van der Waals surface area contributed by atoms with E-state index in [1.807, 2.05) is 0 Å². The lowest BCUT2D eigenvalue weighted by atomic mass is 10.1. The minimum Gasteiger partial charge on any atom is -0.507 e. The zero-order valence-electron chi connectivity index (χ0n) is 14.5. The molecule has 0 aromatic heterocycles. The number of aromatic hydroxyl groups is 1. The number of nitrogens with one attached hydrogen (secondary N) is 1. The first kappa shape index (κ1) is 19.5. The molecule has 7 nitrogen and oxygen atoms in total. The molecule has 0 saturated carbocycles. The van der Waals surface area contributed by atoms with Crippen LogP contribution in [0.4, 0.5) is 5.69 Å².